The largest absolute Gasteiger partial charge is 0.493 e. The lowest BCUT2D eigenvalue weighted by atomic mass is 10.1. The first-order valence-corrected chi connectivity index (χ1v) is 26.1. The summed E-state index contributed by atoms with van der Waals surface area (Å²) >= 11 is 0. The minimum Gasteiger partial charge on any atom is -0.493 e. The Balaban J connectivity index is 1.61. The van der Waals surface area contributed by atoms with Gasteiger partial charge in [0.2, 0.25) is 5.88 Å². The lowest BCUT2D eigenvalue weighted by molar-refractivity contribution is 0.317. The number of hydrogen-bond acceptors (Lipinski definition) is 19. The van der Waals surface area contributed by atoms with Gasteiger partial charge in [-0.1, -0.05) is 12.2 Å². The first-order valence-electron chi connectivity index (χ1n) is 20.0. The number of aryl methyl sites for hydroxylation is 2. The van der Waals surface area contributed by atoms with Crippen molar-refractivity contribution < 1.29 is 66.5 Å². The fourth-order valence-corrected chi connectivity index (χ4v) is 8.36. The zero-order valence-electron chi connectivity index (χ0n) is 37.1. The molecule has 24 nitrogen and oxygen atoms in total. The van der Waals surface area contributed by atoms with E-state index in [-0.39, 0.29) is 94.2 Å². The molecular weight excluding hydrogens is 987 g/mol. The fraction of sp³-hybridized carbons (Fsp3) is 0.268. The van der Waals surface area contributed by atoms with Gasteiger partial charge in [-0.15, -0.1) is 20.5 Å². The average Bonchev–Trinajstić information content (AvgIpc) is 3.60. The molecule has 0 bridgehead atoms. The number of fused-ring (bicyclic) bond motifs is 1. The molecule has 5 N–H and O–H groups in total. The van der Waals surface area contributed by atoms with Gasteiger partial charge < -0.3 is 14.6 Å². The van der Waals surface area contributed by atoms with Gasteiger partial charge in [-0.3, -0.25) is 22.6 Å². The van der Waals surface area contributed by atoms with Gasteiger partial charge in [-0.25, -0.2) is 4.98 Å². The van der Waals surface area contributed by atoms with E-state index >= 15 is 0 Å². The number of benzene rings is 3. The van der Waals surface area contributed by atoms with Gasteiger partial charge in [-0.2, -0.15) is 49.2 Å². The second-order valence-electron chi connectivity index (χ2n) is 14.7. The smallest absolute Gasteiger partial charge is 0.296 e. The van der Waals surface area contributed by atoms with Crippen molar-refractivity contribution in [3.05, 3.63) is 88.3 Å². The Morgan fingerprint density at radius 1 is 0.667 bits per heavy atom. The van der Waals surface area contributed by atoms with Gasteiger partial charge in [0.15, 0.2) is 11.3 Å². The van der Waals surface area contributed by atoms with Crippen molar-refractivity contribution in [1.82, 2.24) is 9.38 Å². The lowest BCUT2D eigenvalue weighted by Gasteiger charge is -2.13. The van der Waals surface area contributed by atoms with Crippen LogP contribution in [0.5, 0.6) is 17.4 Å². The molecule has 0 saturated heterocycles. The van der Waals surface area contributed by atoms with Crippen LogP contribution in [-0.4, -0.2) is 91.1 Å². The summed E-state index contributed by atoms with van der Waals surface area (Å²) in [6.07, 6.45) is 6.53. The Kier molecular flexibility index (Phi) is 16.7. The predicted octanol–water partition coefficient (Wildman–Crippen LogP) is 8.96. The zero-order valence-corrected chi connectivity index (χ0v) is 40.3. The van der Waals surface area contributed by atoms with Crippen LogP contribution in [0.4, 0.5) is 34.1 Å². The topological polar surface area (TPSA) is 371 Å². The van der Waals surface area contributed by atoms with E-state index in [9.17, 15) is 62.3 Å². The normalized spacial score (nSPS) is 13.0. The molecule has 5 aromatic rings. The highest BCUT2D eigenvalue weighted by Gasteiger charge is 2.24. The highest BCUT2D eigenvalue weighted by molar-refractivity contribution is 7.86. The van der Waals surface area contributed by atoms with E-state index in [4.69, 9.17) is 9.47 Å². The summed E-state index contributed by atoms with van der Waals surface area (Å²) in [7, 11) is -18.6. The number of allylic oxidation sites excluding steroid dienone is 2. The second-order valence-corrected chi connectivity index (χ2v) is 20.6. The van der Waals surface area contributed by atoms with E-state index in [0.717, 1.165) is 6.07 Å². The van der Waals surface area contributed by atoms with Crippen LogP contribution in [0.15, 0.2) is 95.1 Å². The quantitative estimate of drug-likeness (QED) is 0.0276. The molecule has 2 heterocycles. The number of nitrogens with zero attached hydrogens (tertiary/aromatic N) is 9. The molecule has 3 aromatic carbocycles. The highest BCUT2D eigenvalue weighted by Crippen LogP contribution is 2.42. The Hall–Kier alpha value is -6.84. The molecule has 0 aliphatic rings. The van der Waals surface area contributed by atoms with Crippen LogP contribution in [-0.2, 0) is 40.5 Å². The third kappa shape index (κ3) is 13.7. The molecule has 366 valence electrons. The van der Waals surface area contributed by atoms with Gasteiger partial charge in [0.25, 0.3) is 40.5 Å². The SMILES string of the molecule is C/C=C\c1nc2c(C#N)c(C)c(N=Nc3cc(C)c(N=Nc4cc(C)c(N=Nc5cc(S(=O)(=O)O)ccc5S(=O)(=O)O)cc4OCCCS(=O)(=O)O)cc3OCCCS(=O)(=O)O)c(O)n2c1/C=C\C. The number of imidazole rings is 1. The number of rotatable bonds is 20. The van der Waals surface area contributed by atoms with Gasteiger partial charge in [-0.05, 0) is 101 Å². The van der Waals surface area contributed by atoms with Gasteiger partial charge in [0.1, 0.15) is 45.1 Å². The van der Waals surface area contributed by atoms with E-state index in [0.29, 0.717) is 29.1 Å². The number of azo groups is 3. The van der Waals surface area contributed by atoms with Crippen LogP contribution < -0.4 is 9.47 Å². The van der Waals surface area contributed by atoms with Gasteiger partial charge in [0.05, 0.1) is 52.4 Å². The van der Waals surface area contributed by atoms with E-state index in [1.54, 1.807) is 52.0 Å². The molecule has 28 heteroatoms. The van der Waals surface area contributed by atoms with Crippen molar-refractivity contribution in [2.75, 3.05) is 24.7 Å². The van der Waals surface area contributed by atoms with Crippen LogP contribution in [0.25, 0.3) is 17.8 Å². The Bertz CT molecular complexity index is 3490. The first kappa shape index (κ1) is 53.1. The number of aromatic hydroxyl groups is 1. The minimum absolute atomic E-state index is 0.00750. The minimum atomic E-state index is -4.98. The van der Waals surface area contributed by atoms with Crippen molar-refractivity contribution >= 4 is 92.4 Å². The molecule has 0 fully saturated rings. The molecule has 0 amide bonds. The predicted molar refractivity (Wildman–Crippen MR) is 250 cm³/mol. The van der Waals surface area contributed by atoms with E-state index in [1.165, 1.54) is 35.6 Å². The molecule has 0 atom stereocenters. The molecule has 5 rings (SSSR count). The summed E-state index contributed by atoms with van der Waals surface area (Å²) in [5, 5.41) is 46.9. The van der Waals surface area contributed by atoms with Crippen LogP contribution in [0, 0.1) is 32.1 Å². The van der Waals surface area contributed by atoms with Crippen molar-refractivity contribution in [3.8, 4) is 23.4 Å². The zero-order chi connectivity index (χ0) is 51.1. The van der Waals surface area contributed by atoms with Crippen molar-refractivity contribution in [2.45, 2.75) is 57.3 Å². The highest BCUT2D eigenvalue weighted by atomic mass is 32.2. The number of hydrogen-bond donors (Lipinski definition) is 5. The van der Waals surface area contributed by atoms with E-state index in [2.05, 4.69) is 41.7 Å². The summed E-state index contributed by atoms with van der Waals surface area (Å²) in [5.41, 5.74) is 1.60. The van der Waals surface area contributed by atoms with Crippen LogP contribution in [0.3, 0.4) is 0 Å². The number of aromatic nitrogens is 2. The number of pyridine rings is 1. The fourth-order valence-electron chi connectivity index (χ4n) is 6.29. The Morgan fingerprint density at radius 2 is 1.16 bits per heavy atom. The lowest BCUT2D eigenvalue weighted by Crippen LogP contribution is -2.08. The van der Waals surface area contributed by atoms with E-state index in [1.807, 2.05) is 0 Å². The summed E-state index contributed by atoms with van der Waals surface area (Å²) < 4.78 is 144. The van der Waals surface area contributed by atoms with Gasteiger partial charge in [0, 0.05) is 17.7 Å². The monoisotopic (exact) mass is 1030 g/mol. The van der Waals surface area contributed by atoms with Crippen LogP contribution in [0.2, 0.25) is 0 Å². The van der Waals surface area contributed by atoms with Crippen molar-refractivity contribution in [1.29, 1.82) is 5.26 Å². The van der Waals surface area contributed by atoms with Crippen LogP contribution >= 0.6 is 0 Å². The maximum absolute atomic E-state index is 12.1. The van der Waals surface area contributed by atoms with Gasteiger partial charge >= 0.3 is 0 Å². The number of ether oxygens (including phenoxy) is 2. The van der Waals surface area contributed by atoms with E-state index < -0.39 is 67.5 Å². The molecule has 0 spiro atoms. The summed E-state index contributed by atoms with van der Waals surface area (Å²) in [6, 6.07) is 9.71. The Labute approximate surface area is 396 Å². The standard InChI is InChI=1S/C41H43N9O15S4/c1-6-10-29-35(11-7-2)50-40(43-29)28(23-42)26(5)39(41(50)51)49-47-33-19-25(4)30(21-37(33)65-15-9-17-67(55,56)57)44-46-32-18-24(3)31(22-36(32)64-14-8-16-66(52,53)54)45-48-34-20-27(68(58,59)60)12-13-38(34)69(61,62)63/h6-7,10-13,18-22,51H,8-9,14-17H2,1-5H3,(H,52,53,54)(H,55,56,57)(H,58,59,60)(H,61,62,63)/b10-6-,11-7-,46-44?,48-45?,49-47?. The summed E-state index contributed by atoms with van der Waals surface area (Å²) in [5.74, 6) is -1.81. The molecule has 0 radical (unpaired) electrons. The maximum Gasteiger partial charge on any atom is 0.296 e. The third-order valence-electron chi connectivity index (χ3n) is 9.54. The molecule has 0 saturated carbocycles. The van der Waals surface area contributed by atoms with Crippen molar-refractivity contribution in [3.63, 3.8) is 0 Å². The van der Waals surface area contributed by atoms with Crippen molar-refractivity contribution in [2.24, 2.45) is 30.7 Å². The summed E-state index contributed by atoms with van der Waals surface area (Å²) in [4.78, 5) is 2.96. The number of nitriles is 1. The molecule has 2 aromatic heterocycles. The molecule has 0 aliphatic carbocycles. The van der Waals surface area contributed by atoms with Crippen LogP contribution in [0.1, 0.15) is 60.3 Å². The average molecular weight is 1030 g/mol. The first-order chi connectivity index (χ1) is 32.3. The molecular formula is C41H43N9O15S4. The molecule has 0 unspecified atom stereocenters. The third-order valence-corrected chi connectivity index (χ3v) is 12.9. The Morgan fingerprint density at radius 3 is 1.62 bits per heavy atom. The second kappa shape index (κ2) is 21.6. The maximum atomic E-state index is 12.1. The summed E-state index contributed by atoms with van der Waals surface area (Å²) in [6.45, 7) is 7.69. The molecule has 0 aliphatic heterocycles. The molecule has 69 heavy (non-hydrogen) atoms.